The van der Waals surface area contributed by atoms with Crippen molar-refractivity contribution in [1.82, 2.24) is 15.4 Å². The number of nitrogens with one attached hydrogen (secondary N) is 1. The van der Waals surface area contributed by atoms with Crippen LogP contribution in [0.3, 0.4) is 0 Å². The van der Waals surface area contributed by atoms with E-state index in [0.29, 0.717) is 16.7 Å². The van der Waals surface area contributed by atoms with Gasteiger partial charge in [-0.05, 0) is 30.7 Å². The molecular weight excluding hydrogens is 302 g/mol. The van der Waals surface area contributed by atoms with Crippen LogP contribution in [0.4, 0.5) is 0 Å². The lowest BCUT2D eigenvalue weighted by molar-refractivity contribution is 0.266. The average Bonchev–Trinajstić information content (AvgIpc) is 3.27. The van der Waals surface area contributed by atoms with Crippen LogP contribution in [0.5, 0.6) is 0 Å². The van der Waals surface area contributed by atoms with Gasteiger partial charge in [0.05, 0.1) is 12.6 Å². The number of halogens is 1. The summed E-state index contributed by atoms with van der Waals surface area (Å²) in [7, 11) is 0. The second kappa shape index (κ2) is 6.10. The lowest BCUT2D eigenvalue weighted by atomic mass is 10.1. The standard InChI is InChI=1S/C15H18ClN5O/c1-10(11-3-2-4-12(16)7-11)15-18-14(5-6-20(15)17)19-21-8-13(21)9-22/h2-7,13,22H,8-9,17H2,1H3,(H,18,19)/b15-10+. The van der Waals surface area contributed by atoms with Gasteiger partial charge in [-0.2, -0.15) is 0 Å². The maximum absolute atomic E-state index is 9.07. The van der Waals surface area contributed by atoms with Crippen molar-refractivity contribution in [1.29, 1.82) is 0 Å². The first-order valence-electron chi connectivity index (χ1n) is 7.00. The molecule has 2 heterocycles. The van der Waals surface area contributed by atoms with Crippen molar-refractivity contribution in [3.8, 4) is 0 Å². The van der Waals surface area contributed by atoms with Crippen LogP contribution in [-0.2, 0) is 0 Å². The number of nitrogens with two attached hydrogens (primary N) is 1. The van der Waals surface area contributed by atoms with Crippen molar-refractivity contribution < 1.29 is 5.11 Å². The third kappa shape index (κ3) is 3.15. The maximum atomic E-state index is 9.07. The lowest BCUT2D eigenvalue weighted by Gasteiger charge is -2.22. The van der Waals surface area contributed by atoms with E-state index in [1.807, 2.05) is 36.2 Å². The van der Waals surface area contributed by atoms with Crippen molar-refractivity contribution in [2.24, 2.45) is 10.8 Å². The summed E-state index contributed by atoms with van der Waals surface area (Å²) in [6.07, 6.45) is 3.54. The highest BCUT2D eigenvalue weighted by atomic mass is 35.5. The van der Waals surface area contributed by atoms with Gasteiger partial charge in [-0.25, -0.2) is 15.8 Å². The molecule has 22 heavy (non-hydrogen) atoms. The normalized spacial score (nSPS) is 25.8. The van der Waals surface area contributed by atoms with E-state index in [2.05, 4.69) is 10.4 Å². The molecule has 0 aliphatic carbocycles. The second-order valence-electron chi connectivity index (χ2n) is 5.28. The Morgan fingerprint density at radius 3 is 3.05 bits per heavy atom. The third-order valence-corrected chi connectivity index (χ3v) is 3.88. The molecule has 0 radical (unpaired) electrons. The van der Waals surface area contributed by atoms with Gasteiger partial charge in [0, 0.05) is 23.3 Å². The van der Waals surface area contributed by atoms with Gasteiger partial charge in [0.15, 0.2) is 5.82 Å². The molecule has 7 heteroatoms. The Morgan fingerprint density at radius 2 is 2.36 bits per heavy atom. The van der Waals surface area contributed by atoms with E-state index in [4.69, 9.17) is 22.6 Å². The molecule has 0 saturated carbocycles. The summed E-state index contributed by atoms with van der Waals surface area (Å²) in [6, 6.07) is 7.73. The maximum Gasteiger partial charge on any atom is 0.152 e. The lowest BCUT2D eigenvalue weighted by Crippen LogP contribution is -2.35. The molecule has 3 rings (SSSR count). The van der Waals surface area contributed by atoms with Crippen LogP contribution in [0.2, 0.25) is 5.02 Å². The van der Waals surface area contributed by atoms with Gasteiger partial charge in [-0.3, -0.25) is 5.01 Å². The van der Waals surface area contributed by atoms with Gasteiger partial charge < -0.3 is 10.5 Å². The molecule has 0 spiro atoms. The van der Waals surface area contributed by atoms with Crippen molar-refractivity contribution in [3.05, 3.63) is 52.9 Å². The zero-order valence-corrected chi connectivity index (χ0v) is 13.0. The Balaban J connectivity index is 1.86. The zero-order valence-electron chi connectivity index (χ0n) is 12.2. The molecule has 4 N–H and O–H groups in total. The fraction of sp³-hybridized carbons (Fsp3) is 0.267. The molecule has 1 saturated heterocycles. The Kier molecular flexibility index (Phi) is 4.17. The number of aliphatic hydroxyl groups excluding tert-OH is 1. The molecule has 1 aromatic rings. The topological polar surface area (TPSA) is 76.9 Å². The van der Waals surface area contributed by atoms with Gasteiger partial charge in [-0.15, -0.1) is 0 Å². The SMILES string of the molecule is C/C(=C1/N=C(NN2CC2CO)C=CN1N)c1cccc(Cl)c1. The molecule has 2 aliphatic rings. The molecule has 1 aromatic carbocycles. The number of rotatable bonds is 3. The fourth-order valence-electron chi connectivity index (χ4n) is 2.24. The summed E-state index contributed by atoms with van der Waals surface area (Å²) < 4.78 is 0. The van der Waals surface area contributed by atoms with E-state index in [1.54, 1.807) is 12.3 Å². The summed E-state index contributed by atoms with van der Waals surface area (Å²) in [6.45, 7) is 2.90. The van der Waals surface area contributed by atoms with Gasteiger partial charge in [0.1, 0.15) is 5.84 Å². The highest BCUT2D eigenvalue weighted by Gasteiger charge is 2.34. The highest BCUT2D eigenvalue weighted by molar-refractivity contribution is 6.30. The molecular formula is C15H18ClN5O. The van der Waals surface area contributed by atoms with Crippen molar-refractivity contribution in [2.45, 2.75) is 13.0 Å². The van der Waals surface area contributed by atoms with E-state index in [-0.39, 0.29) is 12.6 Å². The predicted molar refractivity (Wildman–Crippen MR) is 87.4 cm³/mol. The van der Waals surface area contributed by atoms with Crippen LogP contribution >= 0.6 is 11.6 Å². The van der Waals surface area contributed by atoms with E-state index in [0.717, 1.165) is 17.7 Å². The number of aliphatic imine (C=N–C) groups is 1. The van der Waals surface area contributed by atoms with Gasteiger partial charge in [-0.1, -0.05) is 23.7 Å². The minimum absolute atomic E-state index is 0.136. The first-order chi connectivity index (χ1) is 10.6. The Bertz CT molecular complexity index is 670. The number of hydrogen-bond donors (Lipinski definition) is 3. The summed E-state index contributed by atoms with van der Waals surface area (Å²) in [5.74, 6) is 7.32. The minimum atomic E-state index is 0.136. The number of aliphatic hydroxyl groups is 1. The van der Waals surface area contributed by atoms with Gasteiger partial charge in [0.25, 0.3) is 0 Å². The monoisotopic (exact) mass is 319 g/mol. The van der Waals surface area contributed by atoms with Crippen molar-refractivity contribution in [2.75, 3.05) is 13.2 Å². The number of nitrogens with zero attached hydrogens (tertiary/aromatic N) is 3. The average molecular weight is 320 g/mol. The molecule has 0 aromatic heterocycles. The van der Waals surface area contributed by atoms with E-state index < -0.39 is 0 Å². The molecule has 6 nitrogen and oxygen atoms in total. The van der Waals surface area contributed by atoms with Crippen LogP contribution in [0, 0.1) is 0 Å². The Morgan fingerprint density at radius 1 is 1.55 bits per heavy atom. The summed E-state index contributed by atoms with van der Waals surface area (Å²) in [5.41, 5.74) is 5.05. The molecule has 2 atom stereocenters. The second-order valence-corrected chi connectivity index (χ2v) is 5.72. The summed E-state index contributed by atoms with van der Waals surface area (Å²) in [5, 5.41) is 13.1. The number of allylic oxidation sites excluding steroid dienone is 1. The van der Waals surface area contributed by atoms with Gasteiger partial charge in [0.2, 0.25) is 0 Å². The summed E-state index contributed by atoms with van der Waals surface area (Å²) >= 11 is 6.04. The van der Waals surface area contributed by atoms with E-state index >= 15 is 0 Å². The molecule has 0 bridgehead atoms. The Labute approximate surface area is 134 Å². The van der Waals surface area contributed by atoms with Crippen LogP contribution in [0.25, 0.3) is 5.57 Å². The van der Waals surface area contributed by atoms with Crippen LogP contribution < -0.4 is 11.3 Å². The number of amidine groups is 1. The highest BCUT2D eigenvalue weighted by Crippen LogP contribution is 2.25. The van der Waals surface area contributed by atoms with Crippen LogP contribution in [0.15, 0.2) is 47.4 Å². The molecule has 2 aliphatic heterocycles. The minimum Gasteiger partial charge on any atom is -0.395 e. The smallest absolute Gasteiger partial charge is 0.152 e. The van der Waals surface area contributed by atoms with E-state index in [9.17, 15) is 0 Å². The first kappa shape index (κ1) is 15.1. The summed E-state index contributed by atoms with van der Waals surface area (Å²) in [4.78, 5) is 4.55. The largest absolute Gasteiger partial charge is 0.395 e. The Hall–Kier alpha value is -1.86. The van der Waals surface area contributed by atoms with Crippen LogP contribution in [0.1, 0.15) is 12.5 Å². The third-order valence-electron chi connectivity index (χ3n) is 3.64. The molecule has 0 amide bonds. The molecule has 2 unspecified atom stereocenters. The number of hydrogen-bond acceptors (Lipinski definition) is 6. The van der Waals surface area contributed by atoms with Gasteiger partial charge >= 0.3 is 0 Å². The number of hydrazine groups is 2. The zero-order chi connectivity index (χ0) is 15.7. The predicted octanol–water partition coefficient (Wildman–Crippen LogP) is 1.31. The van der Waals surface area contributed by atoms with E-state index in [1.165, 1.54) is 5.01 Å². The van der Waals surface area contributed by atoms with Crippen molar-refractivity contribution >= 4 is 23.0 Å². The fourth-order valence-corrected chi connectivity index (χ4v) is 2.43. The van der Waals surface area contributed by atoms with Crippen molar-refractivity contribution in [3.63, 3.8) is 0 Å². The first-order valence-corrected chi connectivity index (χ1v) is 7.38. The molecule has 1 fully saturated rings. The quantitative estimate of drug-likeness (QED) is 0.578. The van der Waals surface area contributed by atoms with Crippen LogP contribution in [-0.4, -0.2) is 40.2 Å². The number of benzene rings is 1. The molecule has 116 valence electrons.